The van der Waals surface area contributed by atoms with Crippen molar-refractivity contribution in [3.05, 3.63) is 40.1 Å². The Kier molecular flexibility index (Phi) is 4.91. The van der Waals surface area contributed by atoms with Crippen LogP contribution in [0.3, 0.4) is 0 Å². The summed E-state index contributed by atoms with van der Waals surface area (Å²) < 4.78 is 5.14. The highest BCUT2D eigenvalue weighted by Gasteiger charge is 2.50. The Bertz CT molecular complexity index is 882. The molecule has 1 aromatic rings. The van der Waals surface area contributed by atoms with Crippen molar-refractivity contribution in [3.63, 3.8) is 0 Å². The van der Waals surface area contributed by atoms with E-state index in [1.165, 1.54) is 44.6 Å². The second-order valence-electron chi connectivity index (χ2n) is 8.61. The summed E-state index contributed by atoms with van der Waals surface area (Å²) in [5.41, 5.74) is 0.113. The van der Waals surface area contributed by atoms with E-state index in [1.807, 2.05) is 6.07 Å². The van der Waals surface area contributed by atoms with Crippen LogP contribution in [0.25, 0.3) is 0 Å². The number of methoxy groups -OCH3 is 1. The van der Waals surface area contributed by atoms with Gasteiger partial charge in [-0.1, -0.05) is 0 Å². The Morgan fingerprint density at radius 1 is 1.28 bits per heavy atom. The molecule has 4 saturated carbocycles. The van der Waals surface area contributed by atoms with Crippen molar-refractivity contribution in [2.45, 2.75) is 44.1 Å². The molecule has 2 N–H and O–H groups in total. The number of nitrogens with zero attached hydrogens (tertiary/aromatic N) is 2. The number of nitro groups is 1. The van der Waals surface area contributed by atoms with E-state index >= 15 is 0 Å². The minimum Gasteiger partial charge on any atom is -0.494 e. The fourth-order valence-electron chi connectivity index (χ4n) is 5.75. The molecular weight excluding hydrogens is 372 g/mol. The number of nitrogens with one attached hydrogen (secondary N) is 2. The van der Waals surface area contributed by atoms with E-state index in [0.717, 1.165) is 37.0 Å². The van der Waals surface area contributed by atoms with E-state index in [4.69, 9.17) is 4.74 Å². The molecule has 4 aliphatic carbocycles. The molecule has 8 heteroatoms. The molecule has 0 aromatic heterocycles. The lowest BCUT2D eigenvalue weighted by atomic mass is 9.53. The molecule has 0 unspecified atom stereocenters. The van der Waals surface area contributed by atoms with Crippen molar-refractivity contribution < 1.29 is 14.5 Å². The second-order valence-corrected chi connectivity index (χ2v) is 8.61. The van der Waals surface area contributed by atoms with Crippen molar-refractivity contribution in [2.75, 3.05) is 12.4 Å². The second kappa shape index (κ2) is 7.39. The lowest BCUT2D eigenvalue weighted by molar-refractivity contribution is -0.384. The van der Waals surface area contributed by atoms with Gasteiger partial charge in [-0.05, 0) is 62.3 Å². The van der Waals surface area contributed by atoms with Crippen molar-refractivity contribution >= 4 is 17.3 Å². The Morgan fingerprint density at radius 2 is 1.90 bits per heavy atom. The third kappa shape index (κ3) is 3.77. The first kappa shape index (κ1) is 19.2. The van der Waals surface area contributed by atoms with E-state index in [9.17, 15) is 20.2 Å². The van der Waals surface area contributed by atoms with Gasteiger partial charge in [0, 0.05) is 17.8 Å². The van der Waals surface area contributed by atoms with Crippen LogP contribution < -0.4 is 15.4 Å². The van der Waals surface area contributed by atoms with E-state index in [1.54, 1.807) is 6.20 Å². The molecule has 1 amide bonds. The molecule has 4 aliphatic rings. The van der Waals surface area contributed by atoms with Crippen LogP contribution in [-0.2, 0) is 4.79 Å². The molecule has 8 nitrogen and oxygen atoms in total. The smallest absolute Gasteiger partial charge is 0.273 e. The van der Waals surface area contributed by atoms with E-state index in [2.05, 4.69) is 10.6 Å². The largest absolute Gasteiger partial charge is 0.494 e. The predicted octanol–water partition coefficient (Wildman–Crippen LogP) is 3.51. The SMILES string of the molecule is COc1cc([N+](=O)[O-])ccc1NC(=O)/C(C#N)=C\NC12CC3CC(CC(C3)C1)C2. The maximum absolute atomic E-state index is 12.6. The van der Waals surface area contributed by atoms with E-state index < -0.39 is 10.8 Å². The number of non-ortho nitro benzene ring substituents is 1. The maximum Gasteiger partial charge on any atom is 0.273 e. The summed E-state index contributed by atoms with van der Waals surface area (Å²) >= 11 is 0. The fourth-order valence-corrected chi connectivity index (χ4v) is 5.75. The number of anilines is 1. The van der Waals surface area contributed by atoms with E-state index in [-0.39, 0.29) is 28.2 Å². The minimum absolute atomic E-state index is 0.00216. The summed E-state index contributed by atoms with van der Waals surface area (Å²) in [7, 11) is 1.37. The van der Waals surface area contributed by atoms with Crippen LogP contribution >= 0.6 is 0 Å². The number of rotatable bonds is 6. The molecule has 5 rings (SSSR count). The average molecular weight is 396 g/mol. The van der Waals surface area contributed by atoms with Gasteiger partial charge in [0.2, 0.25) is 0 Å². The zero-order chi connectivity index (χ0) is 20.6. The summed E-state index contributed by atoms with van der Waals surface area (Å²) in [6.45, 7) is 0. The van der Waals surface area contributed by atoms with Crippen LogP contribution in [0.1, 0.15) is 38.5 Å². The van der Waals surface area contributed by atoms with Gasteiger partial charge in [0.1, 0.15) is 17.4 Å². The molecule has 0 aliphatic heterocycles. The summed E-state index contributed by atoms with van der Waals surface area (Å²) in [5.74, 6) is 1.86. The Labute approximate surface area is 169 Å². The van der Waals surface area contributed by atoms with Crippen LogP contribution in [0, 0.1) is 39.2 Å². The van der Waals surface area contributed by atoms with Crippen LogP contribution in [0.5, 0.6) is 5.75 Å². The van der Waals surface area contributed by atoms with Crippen LogP contribution in [-0.4, -0.2) is 23.5 Å². The first-order valence-corrected chi connectivity index (χ1v) is 9.93. The average Bonchev–Trinajstić information content (AvgIpc) is 2.67. The topological polar surface area (TPSA) is 117 Å². The standard InChI is InChI=1S/C21H24N4O4/c1-29-19-7-17(25(27)28)2-3-18(19)24-20(26)16(11-22)12-23-21-8-13-4-14(9-21)6-15(5-13)10-21/h2-3,7,12-15,23H,4-6,8-10H2,1H3,(H,24,26)/b16-12-. The normalized spacial score (nSPS) is 29.8. The maximum atomic E-state index is 12.6. The van der Waals surface area contributed by atoms with Gasteiger partial charge in [-0.15, -0.1) is 0 Å². The number of hydrogen-bond donors (Lipinski definition) is 2. The first-order chi connectivity index (χ1) is 13.9. The molecular formula is C21H24N4O4. The lowest BCUT2D eigenvalue weighted by Gasteiger charge is -2.56. The summed E-state index contributed by atoms with van der Waals surface area (Å²) in [4.78, 5) is 23.0. The lowest BCUT2D eigenvalue weighted by Crippen LogP contribution is -2.57. The molecule has 152 valence electrons. The van der Waals surface area contributed by atoms with Crippen molar-refractivity contribution in [1.82, 2.24) is 5.32 Å². The predicted molar refractivity (Wildman–Crippen MR) is 106 cm³/mol. The molecule has 0 heterocycles. The number of nitro benzene ring substituents is 1. The number of nitriles is 1. The minimum atomic E-state index is -0.572. The third-order valence-corrected chi connectivity index (χ3v) is 6.57. The quantitative estimate of drug-likeness (QED) is 0.329. The highest BCUT2D eigenvalue weighted by Crippen LogP contribution is 2.55. The van der Waals surface area contributed by atoms with Gasteiger partial charge in [0.25, 0.3) is 11.6 Å². The molecule has 0 spiro atoms. The third-order valence-electron chi connectivity index (χ3n) is 6.57. The number of ether oxygens (including phenoxy) is 1. The van der Waals surface area contributed by atoms with Crippen molar-refractivity contribution in [2.24, 2.45) is 17.8 Å². The molecule has 0 radical (unpaired) electrons. The van der Waals surface area contributed by atoms with Gasteiger partial charge in [-0.3, -0.25) is 14.9 Å². The monoisotopic (exact) mass is 396 g/mol. The number of carbonyl (C=O) groups is 1. The molecule has 1 aromatic carbocycles. The summed E-state index contributed by atoms with van der Waals surface area (Å²) in [6.07, 6.45) is 8.80. The van der Waals surface area contributed by atoms with Gasteiger partial charge in [-0.2, -0.15) is 5.26 Å². The number of carbonyl (C=O) groups excluding carboxylic acids is 1. The van der Waals surface area contributed by atoms with Crippen LogP contribution in [0.4, 0.5) is 11.4 Å². The fraction of sp³-hybridized carbons (Fsp3) is 0.524. The van der Waals surface area contributed by atoms with Gasteiger partial charge < -0.3 is 15.4 Å². The molecule has 0 saturated heterocycles. The highest BCUT2D eigenvalue weighted by atomic mass is 16.6. The first-order valence-electron chi connectivity index (χ1n) is 9.93. The zero-order valence-corrected chi connectivity index (χ0v) is 16.3. The Hall–Kier alpha value is -3.08. The van der Waals surface area contributed by atoms with Gasteiger partial charge in [0.15, 0.2) is 0 Å². The molecule has 0 atom stereocenters. The van der Waals surface area contributed by atoms with Gasteiger partial charge >= 0.3 is 0 Å². The molecule has 29 heavy (non-hydrogen) atoms. The number of amides is 1. The highest BCUT2D eigenvalue weighted by molar-refractivity contribution is 6.07. The van der Waals surface area contributed by atoms with Crippen LogP contribution in [0.2, 0.25) is 0 Å². The zero-order valence-electron chi connectivity index (χ0n) is 16.3. The van der Waals surface area contributed by atoms with Crippen LogP contribution in [0.15, 0.2) is 30.0 Å². The van der Waals surface area contributed by atoms with Crippen molar-refractivity contribution in [3.8, 4) is 11.8 Å². The summed E-state index contributed by atoms with van der Waals surface area (Å²) in [5, 5.41) is 26.5. The van der Waals surface area contributed by atoms with Crippen molar-refractivity contribution in [1.29, 1.82) is 5.26 Å². The Morgan fingerprint density at radius 3 is 2.41 bits per heavy atom. The molecule has 4 fully saturated rings. The summed E-state index contributed by atoms with van der Waals surface area (Å²) in [6, 6.07) is 5.87. The Balaban J connectivity index is 1.48. The molecule has 4 bridgehead atoms. The van der Waals surface area contributed by atoms with Gasteiger partial charge in [0.05, 0.1) is 23.8 Å². The van der Waals surface area contributed by atoms with E-state index in [0.29, 0.717) is 0 Å². The number of hydrogen-bond acceptors (Lipinski definition) is 6. The number of benzene rings is 1. The van der Waals surface area contributed by atoms with Gasteiger partial charge in [-0.25, -0.2) is 0 Å².